The number of ether oxygens (including phenoxy) is 2. The molecule has 0 aliphatic carbocycles. The average molecular weight is 396 g/mol. The highest BCUT2D eigenvalue weighted by atomic mass is 32.2. The van der Waals surface area contributed by atoms with Crippen LogP contribution in [0.3, 0.4) is 0 Å². The lowest BCUT2D eigenvalue weighted by Crippen LogP contribution is -1.97. The van der Waals surface area contributed by atoms with Crippen LogP contribution >= 0.6 is 23.1 Å². The van der Waals surface area contributed by atoms with Crippen molar-refractivity contribution in [3.8, 4) is 22.1 Å². The molecular weight excluding hydrogens is 380 g/mol. The van der Waals surface area contributed by atoms with E-state index in [0.29, 0.717) is 24.1 Å². The monoisotopic (exact) mass is 396 g/mol. The SMILES string of the molecule is c1csc(-c2ccnc3nc(SCc4ccc5c(c4)OCCCO5)nn23)c1. The van der Waals surface area contributed by atoms with Crippen molar-refractivity contribution in [2.45, 2.75) is 17.3 Å². The number of benzene rings is 1. The van der Waals surface area contributed by atoms with Gasteiger partial charge in [0, 0.05) is 18.4 Å². The van der Waals surface area contributed by atoms with Crippen LogP contribution in [-0.4, -0.2) is 32.8 Å². The predicted molar refractivity (Wildman–Crippen MR) is 106 cm³/mol. The number of hydrogen-bond acceptors (Lipinski definition) is 7. The first-order valence-corrected chi connectivity index (χ1v) is 10.5. The first-order chi connectivity index (χ1) is 13.4. The highest BCUT2D eigenvalue weighted by Gasteiger charge is 2.13. The summed E-state index contributed by atoms with van der Waals surface area (Å²) in [6.07, 6.45) is 2.68. The van der Waals surface area contributed by atoms with E-state index in [0.717, 1.165) is 39.8 Å². The number of aromatic nitrogens is 4. The Morgan fingerprint density at radius 1 is 1.11 bits per heavy atom. The highest BCUT2D eigenvalue weighted by Crippen LogP contribution is 2.32. The molecule has 0 atom stereocenters. The van der Waals surface area contributed by atoms with Gasteiger partial charge in [0.1, 0.15) is 0 Å². The zero-order valence-electron chi connectivity index (χ0n) is 14.4. The Morgan fingerprint density at radius 3 is 2.93 bits per heavy atom. The van der Waals surface area contributed by atoms with Gasteiger partial charge in [-0.15, -0.1) is 16.4 Å². The standard InChI is InChI=1S/C19H16N4O2S2/c1-3-17(26-10-1)14-6-7-20-18-21-19(22-23(14)18)27-12-13-4-5-15-16(11-13)25-9-2-8-24-15/h1,3-7,10-11H,2,8-9,12H2. The lowest BCUT2D eigenvalue weighted by Gasteiger charge is -2.08. The first-order valence-electron chi connectivity index (χ1n) is 8.64. The van der Waals surface area contributed by atoms with Crippen LogP contribution in [0.4, 0.5) is 0 Å². The molecular formula is C19H16N4O2S2. The van der Waals surface area contributed by atoms with Crippen LogP contribution in [0.1, 0.15) is 12.0 Å². The second-order valence-corrected chi connectivity index (χ2v) is 7.92. The summed E-state index contributed by atoms with van der Waals surface area (Å²) in [5, 5.41) is 7.40. The number of thiophene rings is 1. The predicted octanol–water partition coefficient (Wildman–Crippen LogP) is 4.31. The summed E-state index contributed by atoms with van der Waals surface area (Å²) in [5.41, 5.74) is 2.15. The fourth-order valence-electron chi connectivity index (χ4n) is 2.89. The molecule has 6 nitrogen and oxygen atoms in total. The van der Waals surface area contributed by atoms with Crippen LogP contribution in [0.2, 0.25) is 0 Å². The fraction of sp³-hybridized carbons (Fsp3) is 0.211. The fourth-order valence-corrected chi connectivity index (χ4v) is 4.39. The molecule has 0 amide bonds. The maximum absolute atomic E-state index is 5.77. The molecule has 4 heterocycles. The molecule has 0 saturated heterocycles. The van der Waals surface area contributed by atoms with E-state index in [1.54, 1.807) is 29.3 Å². The maximum atomic E-state index is 5.77. The molecule has 0 N–H and O–H groups in total. The summed E-state index contributed by atoms with van der Waals surface area (Å²) < 4.78 is 13.3. The van der Waals surface area contributed by atoms with Crippen molar-refractivity contribution in [3.05, 3.63) is 53.5 Å². The van der Waals surface area contributed by atoms with Crippen LogP contribution in [-0.2, 0) is 5.75 Å². The van der Waals surface area contributed by atoms with E-state index in [9.17, 15) is 0 Å². The average Bonchev–Trinajstić information content (AvgIpc) is 3.31. The van der Waals surface area contributed by atoms with Crippen LogP contribution < -0.4 is 9.47 Å². The minimum atomic E-state index is 0.613. The molecule has 4 aromatic rings. The highest BCUT2D eigenvalue weighted by molar-refractivity contribution is 7.98. The molecule has 8 heteroatoms. The molecule has 0 unspecified atom stereocenters. The maximum Gasteiger partial charge on any atom is 0.253 e. The quantitative estimate of drug-likeness (QED) is 0.479. The second kappa shape index (κ2) is 7.21. The van der Waals surface area contributed by atoms with Crippen molar-refractivity contribution in [1.82, 2.24) is 19.6 Å². The molecule has 0 fully saturated rings. The Bertz CT molecular complexity index is 1080. The summed E-state index contributed by atoms with van der Waals surface area (Å²) >= 11 is 3.26. The lowest BCUT2D eigenvalue weighted by molar-refractivity contribution is 0.297. The van der Waals surface area contributed by atoms with Crippen LogP contribution in [0.25, 0.3) is 16.3 Å². The third-order valence-corrected chi connectivity index (χ3v) is 5.98. The van der Waals surface area contributed by atoms with Crippen LogP contribution in [0, 0.1) is 0 Å². The Morgan fingerprint density at radius 2 is 2.04 bits per heavy atom. The molecule has 1 aromatic carbocycles. The van der Waals surface area contributed by atoms with Crippen molar-refractivity contribution in [2.75, 3.05) is 13.2 Å². The summed E-state index contributed by atoms with van der Waals surface area (Å²) in [5.74, 6) is 3.00. The van der Waals surface area contributed by atoms with E-state index < -0.39 is 0 Å². The molecule has 3 aromatic heterocycles. The van der Waals surface area contributed by atoms with E-state index in [4.69, 9.17) is 9.47 Å². The van der Waals surface area contributed by atoms with Crippen LogP contribution in [0.15, 0.2) is 53.1 Å². The Labute approximate surface area is 164 Å². The molecule has 0 saturated carbocycles. The number of nitrogens with zero attached hydrogens (tertiary/aromatic N) is 4. The smallest absolute Gasteiger partial charge is 0.253 e. The first kappa shape index (κ1) is 16.6. The van der Waals surface area contributed by atoms with E-state index in [2.05, 4.69) is 32.6 Å². The minimum absolute atomic E-state index is 0.613. The van der Waals surface area contributed by atoms with Crippen LogP contribution in [0.5, 0.6) is 11.5 Å². The topological polar surface area (TPSA) is 61.5 Å². The van der Waals surface area contributed by atoms with Gasteiger partial charge >= 0.3 is 0 Å². The van der Waals surface area contributed by atoms with Gasteiger partial charge in [-0.1, -0.05) is 23.9 Å². The van der Waals surface area contributed by atoms with Gasteiger partial charge in [-0.05, 0) is 35.2 Å². The Kier molecular flexibility index (Phi) is 4.43. The van der Waals surface area contributed by atoms with Gasteiger partial charge in [0.05, 0.1) is 23.8 Å². The van der Waals surface area contributed by atoms with Crippen molar-refractivity contribution >= 4 is 28.9 Å². The number of fused-ring (bicyclic) bond motifs is 2. The molecule has 27 heavy (non-hydrogen) atoms. The Balaban J connectivity index is 1.38. The summed E-state index contributed by atoms with van der Waals surface area (Å²) in [6.45, 7) is 1.39. The number of hydrogen-bond donors (Lipinski definition) is 0. The zero-order chi connectivity index (χ0) is 18.1. The summed E-state index contributed by atoms with van der Waals surface area (Å²) in [4.78, 5) is 10.0. The molecule has 0 bridgehead atoms. The van der Waals surface area contributed by atoms with E-state index >= 15 is 0 Å². The van der Waals surface area contributed by atoms with Crippen molar-refractivity contribution < 1.29 is 9.47 Å². The third-order valence-electron chi connectivity index (χ3n) is 4.17. The number of rotatable bonds is 4. The van der Waals surface area contributed by atoms with Crippen molar-refractivity contribution in [3.63, 3.8) is 0 Å². The normalized spacial score (nSPS) is 13.6. The van der Waals surface area contributed by atoms with Gasteiger partial charge in [0.25, 0.3) is 5.78 Å². The van der Waals surface area contributed by atoms with Crippen molar-refractivity contribution in [2.24, 2.45) is 0 Å². The second-order valence-electron chi connectivity index (χ2n) is 6.03. The van der Waals surface area contributed by atoms with E-state index in [1.807, 2.05) is 28.8 Å². The molecule has 5 rings (SSSR count). The lowest BCUT2D eigenvalue weighted by atomic mass is 10.2. The van der Waals surface area contributed by atoms with E-state index in [1.165, 1.54) is 0 Å². The third kappa shape index (κ3) is 3.38. The number of thioether (sulfide) groups is 1. The summed E-state index contributed by atoms with van der Waals surface area (Å²) in [7, 11) is 0. The van der Waals surface area contributed by atoms with Gasteiger partial charge in [-0.25, -0.2) is 4.98 Å². The van der Waals surface area contributed by atoms with Gasteiger partial charge in [-0.2, -0.15) is 9.50 Å². The van der Waals surface area contributed by atoms with Gasteiger partial charge < -0.3 is 9.47 Å². The van der Waals surface area contributed by atoms with Gasteiger partial charge in [0.15, 0.2) is 11.5 Å². The molecule has 0 radical (unpaired) electrons. The van der Waals surface area contributed by atoms with E-state index in [-0.39, 0.29) is 0 Å². The molecule has 136 valence electrons. The minimum Gasteiger partial charge on any atom is -0.490 e. The largest absolute Gasteiger partial charge is 0.490 e. The zero-order valence-corrected chi connectivity index (χ0v) is 16.0. The summed E-state index contributed by atoms with van der Waals surface area (Å²) in [6, 6.07) is 12.1. The van der Waals surface area contributed by atoms with Gasteiger partial charge in [0.2, 0.25) is 5.16 Å². The molecule has 0 spiro atoms. The Hall–Kier alpha value is -2.58. The van der Waals surface area contributed by atoms with Crippen molar-refractivity contribution in [1.29, 1.82) is 0 Å². The molecule has 1 aliphatic rings. The molecule has 1 aliphatic heterocycles. The van der Waals surface area contributed by atoms with Gasteiger partial charge in [-0.3, -0.25) is 0 Å².